The molecular formula is C9H14N2O4. The highest BCUT2D eigenvalue weighted by atomic mass is 16.5. The van der Waals surface area contributed by atoms with Crippen molar-refractivity contribution in [2.45, 2.75) is 13.2 Å². The second kappa shape index (κ2) is 6.28. The zero-order valence-electron chi connectivity index (χ0n) is 8.52. The molecule has 0 fully saturated rings. The van der Waals surface area contributed by atoms with E-state index >= 15 is 0 Å². The normalized spacial score (nSPS) is 10.5. The van der Waals surface area contributed by atoms with Crippen LogP contribution in [0.25, 0.3) is 0 Å². The number of ether oxygens (including phenoxy) is 2. The summed E-state index contributed by atoms with van der Waals surface area (Å²) >= 11 is 0. The first-order chi connectivity index (χ1) is 7.26. The standard InChI is InChI=1S/C9H14N2O4/c1-14-2-3-15-6-7-4-9(13)11-8(5-12)10-7/h4,12H,2-3,5-6H2,1H3,(H,10,11,13). The molecule has 1 heterocycles. The molecular weight excluding hydrogens is 200 g/mol. The number of H-pyrrole nitrogens is 1. The number of nitrogens with one attached hydrogen (secondary N) is 1. The van der Waals surface area contributed by atoms with Gasteiger partial charge in [0.1, 0.15) is 12.4 Å². The van der Waals surface area contributed by atoms with Crippen molar-refractivity contribution in [3.63, 3.8) is 0 Å². The van der Waals surface area contributed by atoms with Crippen molar-refractivity contribution in [2.24, 2.45) is 0 Å². The van der Waals surface area contributed by atoms with Crippen molar-refractivity contribution in [2.75, 3.05) is 20.3 Å². The summed E-state index contributed by atoms with van der Waals surface area (Å²) in [4.78, 5) is 17.5. The molecule has 6 heteroatoms. The summed E-state index contributed by atoms with van der Waals surface area (Å²) in [6.07, 6.45) is 0. The molecule has 0 amide bonds. The summed E-state index contributed by atoms with van der Waals surface area (Å²) in [5.41, 5.74) is 0.207. The minimum absolute atomic E-state index is 0.236. The maximum atomic E-state index is 11.1. The van der Waals surface area contributed by atoms with Crippen molar-refractivity contribution in [1.82, 2.24) is 9.97 Å². The quantitative estimate of drug-likeness (QED) is 0.619. The number of aromatic nitrogens is 2. The van der Waals surface area contributed by atoms with Crippen LogP contribution in [0.15, 0.2) is 10.9 Å². The van der Waals surface area contributed by atoms with E-state index < -0.39 is 0 Å². The summed E-state index contributed by atoms with van der Waals surface area (Å²) in [5.74, 6) is 0.243. The number of hydrogen-bond donors (Lipinski definition) is 2. The fraction of sp³-hybridized carbons (Fsp3) is 0.556. The van der Waals surface area contributed by atoms with E-state index in [1.807, 2.05) is 0 Å². The van der Waals surface area contributed by atoms with Gasteiger partial charge in [-0.3, -0.25) is 4.79 Å². The Morgan fingerprint density at radius 3 is 3.00 bits per heavy atom. The zero-order chi connectivity index (χ0) is 11.1. The van der Waals surface area contributed by atoms with Crippen molar-refractivity contribution < 1.29 is 14.6 Å². The topological polar surface area (TPSA) is 84.4 Å². The van der Waals surface area contributed by atoms with E-state index in [-0.39, 0.29) is 24.6 Å². The van der Waals surface area contributed by atoms with E-state index in [9.17, 15) is 4.79 Å². The van der Waals surface area contributed by atoms with Crippen LogP contribution in [0.3, 0.4) is 0 Å². The molecule has 0 aliphatic carbocycles. The van der Waals surface area contributed by atoms with Gasteiger partial charge in [-0.05, 0) is 0 Å². The first-order valence-corrected chi connectivity index (χ1v) is 4.53. The lowest BCUT2D eigenvalue weighted by molar-refractivity contribution is 0.0599. The number of aromatic amines is 1. The lowest BCUT2D eigenvalue weighted by Gasteiger charge is -2.03. The highest BCUT2D eigenvalue weighted by molar-refractivity contribution is 5.00. The molecule has 0 saturated heterocycles. The molecule has 0 aromatic carbocycles. The van der Waals surface area contributed by atoms with Crippen molar-refractivity contribution >= 4 is 0 Å². The Morgan fingerprint density at radius 2 is 2.33 bits per heavy atom. The highest BCUT2D eigenvalue weighted by Gasteiger charge is 2.00. The van der Waals surface area contributed by atoms with Gasteiger partial charge in [-0.2, -0.15) is 0 Å². The molecule has 1 aromatic heterocycles. The van der Waals surface area contributed by atoms with Gasteiger partial charge < -0.3 is 19.6 Å². The molecule has 1 aromatic rings. The van der Waals surface area contributed by atoms with E-state index in [1.54, 1.807) is 7.11 Å². The van der Waals surface area contributed by atoms with Gasteiger partial charge in [-0.15, -0.1) is 0 Å². The minimum Gasteiger partial charge on any atom is -0.388 e. The largest absolute Gasteiger partial charge is 0.388 e. The Morgan fingerprint density at radius 1 is 1.53 bits per heavy atom. The minimum atomic E-state index is -0.292. The van der Waals surface area contributed by atoms with Crippen LogP contribution in [0.4, 0.5) is 0 Å². The van der Waals surface area contributed by atoms with E-state index in [1.165, 1.54) is 6.07 Å². The average Bonchev–Trinajstić information content (AvgIpc) is 2.23. The number of aliphatic hydroxyl groups excluding tert-OH is 1. The summed E-state index contributed by atoms with van der Waals surface area (Å²) < 4.78 is 9.99. The van der Waals surface area contributed by atoms with Gasteiger partial charge in [0.2, 0.25) is 0 Å². The van der Waals surface area contributed by atoms with Gasteiger partial charge in [-0.25, -0.2) is 4.98 Å². The maximum absolute atomic E-state index is 11.1. The molecule has 0 radical (unpaired) electrons. The molecule has 6 nitrogen and oxygen atoms in total. The van der Waals surface area contributed by atoms with Gasteiger partial charge in [-0.1, -0.05) is 0 Å². The second-order valence-corrected chi connectivity index (χ2v) is 2.89. The van der Waals surface area contributed by atoms with Crippen LogP contribution < -0.4 is 5.56 Å². The third-order valence-corrected chi connectivity index (χ3v) is 1.68. The van der Waals surface area contributed by atoms with Crippen molar-refractivity contribution in [3.8, 4) is 0 Å². The van der Waals surface area contributed by atoms with Crippen LogP contribution in [0, 0.1) is 0 Å². The molecule has 0 spiro atoms. The van der Waals surface area contributed by atoms with Crippen LogP contribution >= 0.6 is 0 Å². The molecule has 0 bridgehead atoms. The number of nitrogens with zero attached hydrogens (tertiary/aromatic N) is 1. The second-order valence-electron chi connectivity index (χ2n) is 2.89. The summed E-state index contributed by atoms with van der Waals surface area (Å²) in [6.45, 7) is 0.886. The molecule has 0 unspecified atom stereocenters. The third-order valence-electron chi connectivity index (χ3n) is 1.68. The van der Waals surface area contributed by atoms with E-state index in [2.05, 4.69) is 9.97 Å². The molecule has 15 heavy (non-hydrogen) atoms. The summed E-state index contributed by atoms with van der Waals surface area (Å²) in [5, 5.41) is 8.80. The number of rotatable bonds is 6. The van der Waals surface area contributed by atoms with Gasteiger partial charge in [0, 0.05) is 13.2 Å². The van der Waals surface area contributed by atoms with Gasteiger partial charge >= 0.3 is 0 Å². The Balaban J connectivity index is 2.53. The molecule has 1 rings (SSSR count). The molecule has 2 N–H and O–H groups in total. The van der Waals surface area contributed by atoms with Crippen LogP contribution in [0.1, 0.15) is 11.5 Å². The Bertz CT molecular complexity index is 350. The number of methoxy groups -OCH3 is 1. The Labute approximate surface area is 86.9 Å². The molecule has 84 valence electrons. The average molecular weight is 214 g/mol. The molecule has 0 aliphatic heterocycles. The van der Waals surface area contributed by atoms with Gasteiger partial charge in [0.15, 0.2) is 0 Å². The SMILES string of the molecule is COCCOCc1cc(=O)[nH]c(CO)n1. The Kier molecular flexibility index (Phi) is 4.96. The van der Waals surface area contributed by atoms with Crippen LogP contribution in [0.2, 0.25) is 0 Å². The first kappa shape index (κ1) is 11.8. The molecule has 0 saturated carbocycles. The van der Waals surface area contributed by atoms with Crippen molar-refractivity contribution in [1.29, 1.82) is 0 Å². The van der Waals surface area contributed by atoms with Crippen LogP contribution in [0.5, 0.6) is 0 Å². The predicted octanol–water partition coefficient (Wildman–Crippen LogP) is -0.575. The fourth-order valence-electron chi connectivity index (χ4n) is 1.03. The molecule has 0 atom stereocenters. The zero-order valence-corrected chi connectivity index (χ0v) is 8.52. The molecule has 0 aliphatic rings. The fourth-order valence-corrected chi connectivity index (χ4v) is 1.03. The summed E-state index contributed by atoms with van der Waals surface area (Å²) in [7, 11) is 1.58. The first-order valence-electron chi connectivity index (χ1n) is 4.53. The van der Waals surface area contributed by atoms with E-state index in [4.69, 9.17) is 14.6 Å². The third kappa shape index (κ3) is 4.20. The lowest BCUT2D eigenvalue weighted by Crippen LogP contribution is -2.14. The lowest BCUT2D eigenvalue weighted by atomic mass is 10.4. The maximum Gasteiger partial charge on any atom is 0.251 e. The summed E-state index contributed by atoms with van der Waals surface area (Å²) in [6, 6.07) is 1.34. The van der Waals surface area contributed by atoms with Gasteiger partial charge in [0.05, 0.1) is 25.5 Å². The van der Waals surface area contributed by atoms with Gasteiger partial charge in [0.25, 0.3) is 5.56 Å². The smallest absolute Gasteiger partial charge is 0.251 e. The van der Waals surface area contributed by atoms with Crippen LogP contribution in [-0.2, 0) is 22.7 Å². The van der Waals surface area contributed by atoms with Crippen molar-refractivity contribution in [3.05, 3.63) is 27.9 Å². The predicted molar refractivity (Wildman–Crippen MR) is 52.3 cm³/mol. The van der Waals surface area contributed by atoms with E-state index in [0.717, 1.165) is 0 Å². The number of aliphatic hydroxyl groups is 1. The van der Waals surface area contributed by atoms with E-state index in [0.29, 0.717) is 18.9 Å². The number of hydrogen-bond acceptors (Lipinski definition) is 5. The Hall–Kier alpha value is -1.24. The van der Waals surface area contributed by atoms with Crippen LogP contribution in [-0.4, -0.2) is 35.4 Å². The highest BCUT2D eigenvalue weighted by Crippen LogP contribution is 1.95. The monoisotopic (exact) mass is 214 g/mol.